The Balaban J connectivity index is 3.00. The molecule has 0 aliphatic rings. The maximum atomic E-state index is 3.62. The molecule has 0 saturated carbocycles. The number of hydrogen-bond acceptors (Lipinski definition) is 0. The van der Waals surface area contributed by atoms with Crippen LogP contribution in [0.3, 0.4) is 0 Å². The fourth-order valence-electron chi connectivity index (χ4n) is 1.09. The molecule has 1 N–H and O–H groups in total. The quantitative estimate of drug-likeness (QED) is 0.619. The number of hydrogen-bond donors (Lipinski definition) is 1. The Bertz CT molecular complexity index is 260. The van der Waals surface area contributed by atoms with E-state index in [1.807, 2.05) is 12.3 Å². The van der Waals surface area contributed by atoms with Crippen molar-refractivity contribution < 1.29 is 0 Å². The van der Waals surface area contributed by atoms with Gasteiger partial charge in [0.25, 0.3) is 0 Å². The van der Waals surface area contributed by atoms with Crippen molar-refractivity contribution in [3.63, 3.8) is 0 Å². The van der Waals surface area contributed by atoms with Crippen LogP contribution in [0.5, 0.6) is 0 Å². The van der Waals surface area contributed by atoms with Crippen molar-refractivity contribution in [1.29, 1.82) is 0 Å². The number of aromatic amines is 1. The maximum Gasteiger partial charge on any atom is 0.0191 e. The van der Waals surface area contributed by atoms with E-state index < -0.39 is 0 Å². The largest absolute Gasteiger partial charge is 0.364 e. The van der Waals surface area contributed by atoms with E-state index in [0.717, 1.165) is 0 Å². The van der Waals surface area contributed by atoms with Crippen molar-refractivity contribution in [3.8, 4) is 0 Å². The van der Waals surface area contributed by atoms with Gasteiger partial charge in [0.1, 0.15) is 0 Å². The van der Waals surface area contributed by atoms with Crippen molar-refractivity contribution in [2.45, 2.75) is 13.8 Å². The average Bonchev–Trinajstić information content (AvgIpc) is 2.29. The van der Waals surface area contributed by atoms with Gasteiger partial charge in [0, 0.05) is 11.9 Å². The smallest absolute Gasteiger partial charge is 0.0191 e. The monoisotopic (exact) mass is 147 g/mol. The summed E-state index contributed by atoms with van der Waals surface area (Å²) < 4.78 is 0. The molecule has 0 aliphatic carbocycles. The van der Waals surface area contributed by atoms with Crippen LogP contribution in [0.15, 0.2) is 24.9 Å². The summed E-state index contributed by atoms with van der Waals surface area (Å²) in [7, 11) is 0. The van der Waals surface area contributed by atoms with Crippen LogP contribution < -0.4 is 0 Å². The number of allylic oxidation sites excluding steroid dienone is 2. The van der Waals surface area contributed by atoms with E-state index in [9.17, 15) is 0 Å². The summed E-state index contributed by atoms with van der Waals surface area (Å²) in [5, 5.41) is 0. The zero-order valence-electron chi connectivity index (χ0n) is 7.02. The summed E-state index contributed by atoms with van der Waals surface area (Å²) in [4.78, 5) is 3.16. The molecule has 1 heteroatoms. The molecule has 0 bridgehead atoms. The third-order valence-corrected chi connectivity index (χ3v) is 1.73. The lowest BCUT2D eigenvalue weighted by atomic mass is 10.1. The van der Waals surface area contributed by atoms with Crippen molar-refractivity contribution >= 4 is 6.08 Å². The predicted octanol–water partition coefficient (Wildman–Crippen LogP) is 2.83. The minimum atomic E-state index is 1.21. The van der Waals surface area contributed by atoms with E-state index in [1.54, 1.807) is 6.08 Å². The molecule has 0 saturated heterocycles. The first-order chi connectivity index (χ1) is 5.25. The molecule has 0 spiro atoms. The van der Waals surface area contributed by atoms with Gasteiger partial charge in [-0.25, -0.2) is 0 Å². The molecule has 0 fully saturated rings. The number of nitrogens with one attached hydrogen (secondary N) is 1. The molecule has 1 aromatic heterocycles. The van der Waals surface area contributed by atoms with Crippen molar-refractivity contribution in [2.24, 2.45) is 0 Å². The lowest BCUT2D eigenvalue weighted by Gasteiger charge is -1.91. The topological polar surface area (TPSA) is 15.8 Å². The molecule has 0 aliphatic heterocycles. The first-order valence-corrected chi connectivity index (χ1v) is 3.69. The molecule has 1 aromatic rings. The van der Waals surface area contributed by atoms with Crippen LogP contribution >= 0.6 is 0 Å². The first kappa shape index (κ1) is 7.86. The van der Waals surface area contributed by atoms with Gasteiger partial charge in [-0.2, -0.15) is 0 Å². The molecule has 1 nitrogen and oxygen atoms in total. The maximum absolute atomic E-state index is 3.62. The van der Waals surface area contributed by atoms with E-state index in [0.29, 0.717) is 0 Å². The van der Waals surface area contributed by atoms with Crippen LogP contribution in [0.4, 0.5) is 0 Å². The fraction of sp³-hybridized carbons (Fsp3) is 0.200. The second-order valence-electron chi connectivity index (χ2n) is 2.61. The van der Waals surface area contributed by atoms with Gasteiger partial charge in [-0.15, -0.1) is 0 Å². The number of H-pyrrole nitrogens is 1. The molecular weight excluding hydrogens is 134 g/mol. The molecule has 0 radical (unpaired) electrons. The highest BCUT2D eigenvalue weighted by atomic mass is 14.7. The lowest BCUT2D eigenvalue weighted by Crippen LogP contribution is -1.75. The zero-order chi connectivity index (χ0) is 8.27. The highest BCUT2D eigenvalue weighted by Gasteiger charge is 1.97. The van der Waals surface area contributed by atoms with Crippen LogP contribution in [-0.4, -0.2) is 4.98 Å². The van der Waals surface area contributed by atoms with E-state index >= 15 is 0 Å². The standard InChI is InChI=1S/C10H13N/c1-4-5-6-10-8(2)7-11-9(10)3/h4-7,11H,1H2,2-3H3/b6-5-. The van der Waals surface area contributed by atoms with E-state index in [4.69, 9.17) is 0 Å². The average molecular weight is 147 g/mol. The second kappa shape index (κ2) is 3.24. The van der Waals surface area contributed by atoms with Gasteiger partial charge >= 0.3 is 0 Å². The number of aromatic nitrogens is 1. The molecule has 0 unspecified atom stereocenters. The van der Waals surface area contributed by atoms with Crippen molar-refractivity contribution in [2.75, 3.05) is 0 Å². The van der Waals surface area contributed by atoms with Crippen LogP contribution in [0.25, 0.3) is 6.08 Å². The Morgan fingerprint density at radius 3 is 2.64 bits per heavy atom. The van der Waals surface area contributed by atoms with Crippen LogP contribution in [0, 0.1) is 13.8 Å². The second-order valence-corrected chi connectivity index (χ2v) is 2.61. The summed E-state index contributed by atoms with van der Waals surface area (Å²) in [5.74, 6) is 0. The normalized spacial score (nSPS) is 10.7. The first-order valence-electron chi connectivity index (χ1n) is 3.69. The highest BCUT2D eigenvalue weighted by Crippen LogP contribution is 2.13. The Kier molecular flexibility index (Phi) is 2.32. The third kappa shape index (κ3) is 1.61. The third-order valence-electron chi connectivity index (χ3n) is 1.73. The Hall–Kier alpha value is -1.24. The SMILES string of the molecule is C=C/C=C\c1c(C)c[nH]c1C. The molecule has 0 aromatic carbocycles. The van der Waals surface area contributed by atoms with Crippen molar-refractivity contribution in [3.05, 3.63) is 41.7 Å². The van der Waals surface area contributed by atoms with E-state index in [2.05, 4.69) is 31.5 Å². The van der Waals surface area contributed by atoms with Crippen LogP contribution in [-0.2, 0) is 0 Å². The summed E-state index contributed by atoms with van der Waals surface area (Å²) in [5.41, 5.74) is 3.76. The van der Waals surface area contributed by atoms with E-state index in [1.165, 1.54) is 16.8 Å². The Labute approximate surface area is 67.5 Å². The molecular formula is C10H13N. The summed E-state index contributed by atoms with van der Waals surface area (Å²) >= 11 is 0. The minimum Gasteiger partial charge on any atom is -0.364 e. The fourth-order valence-corrected chi connectivity index (χ4v) is 1.09. The van der Waals surface area contributed by atoms with Gasteiger partial charge in [0.05, 0.1) is 0 Å². The molecule has 1 rings (SSSR count). The molecule has 11 heavy (non-hydrogen) atoms. The predicted molar refractivity (Wildman–Crippen MR) is 49.5 cm³/mol. The summed E-state index contributed by atoms with van der Waals surface area (Å²) in [6.07, 6.45) is 7.81. The summed E-state index contributed by atoms with van der Waals surface area (Å²) in [6, 6.07) is 0. The van der Waals surface area contributed by atoms with Gasteiger partial charge in [-0.3, -0.25) is 0 Å². The summed E-state index contributed by atoms with van der Waals surface area (Å²) in [6.45, 7) is 7.78. The molecule has 1 heterocycles. The van der Waals surface area contributed by atoms with Gasteiger partial charge in [0.2, 0.25) is 0 Å². The number of rotatable bonds is 2. The Morgan fingerprint density at radius 1 is 1.45 bits per heavy atom. The lowest BCUT2D eigenvalue weighted by molar-refractivity contribution is 1.26. The van der Waals surface area contributed by atoms with Crippen LogP contribution in [0.2, 0.25) is 0 Å². The number of aryl methyl sites for hydroxylation is 2. The van der Waals surface area contributed by atoms with Gasteiger partial charge in [-0.05, 0) is 25.0 Å². The van der Waals surface area contributed by atoms with E-state index in [-0.39, 0.29) is 0 Å². The molecule has 0 atom stereocenters. The van der Waals surface area contributed by atoms with Crippen molar-refractivity contribution in [1.82, 2.24) is 4.98 Å². The Morgan fingerprint density at radius 2 is 2.18 bits per heavy atom. The van der Waals surface area contributed by atoms with Crippen LogP contribution in [0.1, 0.15) is 16.8 Å². The highest BCUT2D eigenvalue weighted by molar-refractivity contribution is 5.57. The van der Waals surface area contributed by atoms with Gasteiger partial charge in [-0.1, -0.05) is 24.8 Å². The zero-order valence-corrected chi connectivity index (χ0v) is 7.02. The molecule has 0 amide bonds. The van der Waals surface area contributed by atoms with Gasteiger partial charge in [0.15, 0.2) is 0 Å². The minimum absolute atomic E-state index is 1.21. The molecule has 58 valence electrons. The van der Waals surface area contributed by atoms with Gasteiger partial charge < -0.3 is 4.98 Å².